The highest BCUT2D eigenvalue weighted by atomic mass is 16.5. The van der Waals surface area contributed by atoms with Crippen molar-refractivity contribution in [3.8, 4) is 5.75 Å². The molecule has 0 atom stereocenters. The van der Waals surface area contributed by atoms with E-state index in [0.29, 0.717) is 6.61 Å². The summed E-state index contributed by atoms with van der Waals surface area (Å²) in [7, 11) is 0. The predicted molar refractivity (Wildman–Crippen MR) is 61.5 cm³/mol. The third-order valence-electron chi connectivity index (χ3n) is 2.31. The van der Waals surface area contributed by atoms with Crippen LogP contribution in [0.5, 0.6) is 5.75 Å². The van der Waals surface area contributed by atoms with Crippen molar-refractivity contribution in [3.05, 3.63) is 48.2 Å². The lowest BCUT2D eigenvalue weighted by atomic mass is 10.2. The molecular formula is C13H15NO2. The molecule has 1 heterocycles. The lowest BCUT2D eigenvalue weighted by Gasteiger charge is -2.05. The van der Waals surface area contributed by atoms with Crippen molar-refractivity contribution in [3.63, 3.8) is 0 Å². The van der Waals surface area contributed by atoms with Crippen LogP contribution in [0.1, 0.15) is 17.7 Å². The maximum Gasteiger partial charge on any atom is 0.180 e. The molecule has 0 spiro atoms. The van der Waals surface area contributed by atoms with Crippen LogP contribution in [-0.2, 0) is 6.42 Å². The molecule has 0 N–H and O–H groups in total. The van der Waals surface area contributed by atoms with Crippen molar-refractivity contribution in [2.24, 2.45) is 0 Å². The van der Waals surface area contributed by atoms with Gasteiger partial charge in [-0.15, -0.1) is 0 Å². The first kappa shape index (κ1) is 10.7. The third-order valence-corrected chi connectivity index (χ3v) is 2.31. The molecule has 0 aliphatic rings. The zero-order valence-corrected chi connectivity index (χ0v) is 9.35. The van der Waals surface area contributed by atoms with Crippen LogP contribution < -0.4 is 4.74 Å². The highest BCUT2D eigenvalue weighted by Gasteiger charge is 1.97. The third kappa shape index (κ3) is 3.12. The summed E-state index contributed by atoms with van der Waals surface area (Å²) in [4.78, 5) is 3.86. The van der Waals surface area contributed by atoms with Crippen LogP contribution in [-0.4, -0.2) is 11.6 Å². The first-order valence-electron chi connectivity index (χ1n) is 5.41. The maximum atomic E-state index is 5.62. The van der Waals surface area contributed by atoms with Gasteiger partial charge in [0.05, 0.1) is 12.8 Å². The molecule has 0 saturated heterocycles. The first-order valence-corrected chi connectivity index (χ1v) is 5.41. The molecule has 0 unspecified atom stereocenters. The number of hydrogen-bond acceptors (Lipinski definition) is 3. The standard InChI is InChI=1S/C13H15NO2/c1-11-4-2-5-12(8-11)15-7-3-6-13-9-14-10-16-13/h2,4-5,8-10H,3,6-7H2,1H3. The Labute approximate surface area is 95.1 Å². The van der Waals surface area contributed by atoms with Gasteiger partial charge in [0.25, 0.3) is 0 Å². The van der Waals surface area contributed by atoms with Gasteiger partial charge in [0, 0.05) is 6.42 Å². The summed E-state index contributed by atoms with van der Waals surface area (Å²) in [6.07, 6.45) is 5.00. The molecule has 0 aliphatic heterocycles. The Balaban J connectivity index is 1.72. The Morgan fingerprint density at radius 2 is 2.31 bits per heavy atom. The minimum absolute atomic E-state index is 0.699. The molecule has 0 bridgehead atoms. The molecule has 2 rings (SSSR count). The fraction of sp³-hybridized carbons (Fsp3) is 0.308. The molecule has 1 aromatic heterocycles. The van der Waals surface area contributed by atoms with Crippen LogP contribution in [0.3, 0.4) is 0 Å². The summed E-state index contributed by atoms with van der Waals surface area (Å²) in [6, 6.07) is 8.07. The first-order chi connectivity index (χ1) is 7.84. The average molecular weight is 217 g/mol. The van der Waals surface area contributed by atoms with Crippen LogP contribution in [0.4, 0.5) is 0 Å². The number of benzene rings is 1. The Morgan fingerprint density at radius 3 is 3.06 bits per heavy atom. The second-order valence-corrected chi connectivity index (χ2v) is 3.74. The normalized spacial score (nSPS) is 10.3. The second-order valence-electron chi connectivity index (χ2n) is 3.74. The lowest BCUT2D eigenvalue weighted by molar-refractivity contribution is 0.306. The molecule has 0 fully saturated rings. The number of ether oxygens (including phenoxy) is 1. The Hall–Kier alpha value is -1.77. The Bertz CT molecular complexity index is 423. The van der Waals surface area contributed by atoms with E-state index < -0.39 is 0 Å². The van der Waals surface area contributed by atoms with E-state index in [2.05, 4.69) is 18.0 Å². The van der Waals surface area contributed by atoms with E-state index >= 15 is 0 Å². The molecule has 3 heteroatoms. The highest BCUT2D eigenvalue weighted by Crippen LogP contribution is 2.12. The van der Waals surface area contributed by atoms with Gasteiger partial charge in [-0.25, -0.2) is 4.98 Å². The fourth-order valence-corrected chi connectivity index (χ4v) is 1.51. The van der Waals surface area contributed by atoms with Crippen molar-refractivity contribution in [1.29, 1.82) is 0 Å². The molecule has 1 aromatic carbocycles. The molecule has 3 nitrogen and oxygen atoms in total. The molecular weight excluding hydrogens is 202 g/mol. The van der Waals surface area contributed by atoms with Gasteiger partial charge in [-0.05, 0) is 31.0 Å². The fourth-order valence-electron chi connectivity index (χ4n) is 1.51. The van der Waals surface area contributed by atoms with Crippen LogP contribution in [0, 0.1) is 6.92 Å². The average Bonchev–Trinajstić information content (AvgIpc) is 2.77. The van der Waals surface area contributed by atoms with Crippen LogP contribution in [0.15, 0.2) is 41.3 Å². The molecule has 84 valence electrons. The van der Waals surface area contributed by atoms with Crippen LogP contribution in [0.2, 0.25) is 0 Å². The number of rotatable bonds is 5. The van der Waals surface area contributed by atoms with E-state index in [-0.39, 0.29) is 0 Å². The number of nitrogens with zero attached hydrogens (tertiary/aromatic N) is 1. The smallest absolute Gasteiger partial charge is 0.180 e. The summed E-state index contributed by atoms with van der Waals surface area (Å²) < 4.78 is 10.8. The van der Waals surface area contributed by atoms with Gasteiger partial charge in [-0.3, -0.25) is 0 Å². The largest absolute Gasteiger partial charge is 0.494 e. The van der Waals surface area contributed by atoms with E-state index in [1.165, 1.54) is 12.0 Å². The van der Waals surface area contributed by atoms with Crippen molar-refractivity contribution < 1.29 is 9.15 Å². The molecule has 0 amide bonds. The number of oxazole rings is 1. The monoisotopic (exact) mass is 217 g/mol. The molecule has 0 saturated carbocycles. The van der Waals surface area contributed by atoms with Crippen molar-refractivity contribution in [1.82, 2.24) is 4.98 Å². The maximum absolute atomic E-state index is 5.62. The highest BCUT2D eigenvalue weighted by molar-refractivity contribution is 5.27. The quantitative estimate of drug-likeness (QED) is 0.722. The molecule has 16 heavy (non-hydrogen) atoms. The summed E-state index contributed by atoms with van der Waals surface area (Å²) in [6.45, 7) is 2.76. The minimum atomic E-state index is 0.699. The van der Waals surface area contributed by atoms with Gasteiger partial charge >= 0.3 is 0 Å². The van der Waals surface area contributed by atoms with Crippen molar-refractivity contribution in [2.45, 2.75) is 19.8 Å². The zero-order valence-electron chi connectivity index (χ0n) is 9.35. The summed E-state index contributed by atoms with van der Waals surface area (Å²) in [5, 5.41) is 0. The SMILES string of the molecule is Cc1cccc(OCCCc2cnco2)c1. The molecule has 2 aromatic rings. The minimum Gasteiger partial charge on any atom is -0.494 e. The van der Waals surface area contributed by atoms with Gasteiger partial charge < -0.3 is 9.15 Å². The zero-order chi connectivity index (χ0) is 11.2. The number of aryl methyl sites for hydroxylation is 2. The summed E-state index contributed by atoms with van der Waals surface area (Å²) in [5.41, 5.74) is 1.22. The second kappa shape index (κ2) is 5.35. The van der Waals surface area contributed by atoms with Gasteiger partial charge in [0.2, 0.25) is 0 Å². The lowest BCUT2D eigenvalue weighted by Crippen LogP contribution is -1.99. The summed E-state index contributed by atoms with van der Waals surface area (Å²) >= 11 is 0. The summed E-state index contributed by atoms with van der Waals surface area (Å²) in [5.74, 6) is 1.84. The van der Waals surface area contributed by atoms with Gasteiger partial charge in [0.1, 0.15) is 11.5 Å². The van der Waals surface area contributed by atoms with Gasteiger partial charge in [-0.1, -0.05) is 12.1 Å². The van der Waals surface area contributed by atoms with Gasteiger partial charge in [-0.2, -0.15) is 0 Å². The van der Waals surface area contributed by atoms with Crippen molar-refractivity contribution >= 4 is 0 Å². The van der Waals surface area contributed by atoms with E-state index in [4.69, 9.17) is 9.15 Å². The molecule has 0 radical (unpaired) electrons. The van der Waals surface area contributed by atoms with E-state index in [0.717, 1.165) is 24.4 Å². The topological polar surface area (TPSA) is 35.3 Å². The number of hydrogen-bond donors (Lipinski definition) is 0. The van der Waals surface area contributed by atoms with E-state index in [1.807, 2.05) is 18.2 Å². The van der Waals surface area contributed by atoms with E-state index in [9.17, 15) is 0 Å². The van der Waals surface area contributed by atoms with Crippen molar-refractivity contribution in [2.75, 3.05) is 6.61 Å². The number of aromatic nitrogens is 1. The Kier molecular flexibility index (Phi) is 3.59. The molecule has 0 aliphatic carbocycles. The van der Waals surface area contributed by atoms with E-state index in [1.54, 1.807) is 6.20 Å². The van der Waals surface area contributed by atoms with Crippen LogP contribution >= 0.6 is 0 Å². The van der Waals surface area contributed by atoms with Gasteiger partial charge in [0.15, 0.2) is 6.39 Å². The predicted octanol–water partition coefficient (Wildman–Crippen LogP) is 2.99. The van der Waals surface area contributed by atoms with Crippen LogP contribution in [0.25, 0.3) is 0 Å². The Morgan fingerprint density at radius 1 is 1.38 bits per heavy atom.